The highest BCUT2D eigenvalue weighted by Crippen LogP contribution is 2.30. The quantitative estimate of drug-likeness (QED) is 0.759. The lowest BCUT2D eigenvalue weighted by atomic mass is 9.94. The molecule has 2 aromatic carbocycles. The highest BCUT2D eigenvalue weighted by atomic mass is 35.5. The maximum atomic E-state index is 14.2. The van der Waals surface area contributed by atoms with Crippen molar-refractivity contribution in [2.75, 3.05) is 5.32 Å². The molecule has 0 aromatic heterocycles. The first kappa shape index (κ1) is 17.9. The summed E-state index contributed by atoms with van der Waals surface area (Å²) in [5, 5.41) is 7.94. The molecular weight excluding hydrogens is 364 g/mol. The van der Waals surface area contributed by atoms with Crippen molar-refractivity contribution in [2.45, 2.75) is 13.0 Å². The summed E-state index contributed by atoms with van der Waals surface area (Å²) in [5.74, 6) is -2.20. The van der Waals surface area contributed by atoms with Crippen molar-refractivity contribution in [3.05, 3.63) is 76.0 Å². The van der Waals surface area contributed by atoms with Crippen LogP contribution in [0.2, 0.25) is 5.02 Å². The summed E-state index contributed by atoms with van der Waals surface area (Å²) < 4.78 is 27.4. The number of hydrogen-bond acceptors (Lipinski definition) is 2. The maximum Gasteiger partial charge on any atom is 0.319 e. The zero-order valence-corrected chi connectivity index (χ0v) is 14.3. The molecule has 1 aliphatic heterocycles. The molecule has 3 rings (SSSR count). The molecule has 2 aromatic rings. The standard InChI is InChI=1S/C18H14ClF2N3O2/c1-9-15(17(25)23-14-5-3-2-4-12(14)19)16(24-18(26)22-9)11-7-6-10(20)8-13(11)21/h2-8,16H,1H3,(H,23,25)(H2,22,24,26)/t16-/m0/s1. The first-order valence-electron chi connectivity index (χ1n) is 7.66. The van der Waals surface area contributed by atoms with Crippen molar-refractivity contribution < 1.29 is 18.4 Å². The van der Waals surface area contributed by atoms with Gasteiger partial charge < -0.3 is 16.0 Å². The fourth-order valence-electron chi connectivity index (χ4n) is 2.72. The van der Waals surface area contributed by atoms with Crippen molar-refractivity contribution in [1.82, 2.24) is 10.6 Å². The molecule has 26 heavy (non-hydrogen) atoms. The smallest absolute Gasteiger partial charge is 0.319 e. The SMILES string of the molecule is CC1=C(C(=O)Nc2ccccc2Cl)[C@H](c2ccc(F)cc2F)NC(=O)N1. The van der Waals surface area contributed by atoms with Gasteiger partial charge in [0.15, 0.2) is 0 Å². The zero-order valence-electron chi connectivity index (χ0n) is 13.6. The van der Waals surface area contributed by atoms with Gasteiger partial charge in [0.05, 0.1) is 22.3 Å². The van der Waals surface area contributed by atoms with Crippen LogP contribution in [-0.2, 0) is 4.79 Å². The molecular formula is C18H14ClF2N3O2. The number of para-hydroxylation sites is 1. The molecule has 0 spiro atoms. The van der Waals surface area contributed by atoms with Crippen LogP contribution in [0.25, 0.3) is 0 Å². The third kappa shape index (κ3) is 3.52. The van der Waals surface area contributed by atoms with Crippen molar-refractivity contribution in [1.29, 1.82) is 0 Å². The number of halogens is 3. The predicted octanol–water partition coefficient (Wildman–Crippen LogP) is 3.88. The van der Waals surface area contributed by atoms with E-state index in [9.17, 15) is 18.4 Å². The van der Waals surface area contributed by atoms with E-state index < -0.39 is 29.6 Å². The Morgan fingerprint density at radius 3 is 2.62 bits per heavy atom. The third-order valence-electron chi connectivity index (χ3n) is 3.91. The molecule has 8 heteroatoms. The predicted molar refractivity (Wildman–Crippen MR) is 93.5 cm³/mol. The summed E-state index contributed by atoms with van der Waals surface area (Å²) in [4.78, 5) is 24.6. The van der Waals surface area contributed by atoms with Gasteiger partial charge in [-0.05, 0) is 25.1 Å². The van der Waals surface area contributed by atoms with E-state index in [2.05, 4.69) is 16.0 Å². The topological polar surface area (TPSA) is 70.2 Å². The lowest BCUT2D eigenvalue weighted by Gasteiger charge is -2.29. The lowest BCUT2D eigenvalue weighted by Crippen LogP contribution is -2.46. The van der Waals surface area contributed by atoms with Crippen LogP contribution in [0.1, 0.15) is 18.5 Å². The van der Waals surface area contributed by atoms with Crippen LogP contribution in [0.4, 0.5) is 19.3 Å². The van der Waals surface area contributed by atoms with Gasteiger partial charge in [-0.2, -0.15) is 0 Å². The average molecular weight is 378 g/mol. The Balaban J connectivity index is 2.00. The molecule has 1 aliphatic rings. The highest BCUT2D eigenvalue weighted by Gasteiger charge is 2.33. The molecule has 0 unspecified atom stereocenters. The minimum Gasteiger partial charge on any atom is -0.327 e. The summed E-state index contributed by atoms with van der Waals surface area (Å²) in [6, 6.07) is 7.90. The molecule has 3 amide bonds. The van der Waals surface area contributed by atoms with Gasteiger partial charge in [0.2, 0.25) is 0 Å². The Morgan fingerprint density at radius 2 is 1.92 bits per heavy atom. The molecule has 0 bridgehead atoms. The number of benzene rings is 2. The first-order chi connectivity index (χ1) is 12.4. The number of anilines is 1. The Kier molecular flexibility index (Phi) is 4.90. The normalized spacial score (nSPS) is 16.8. The molecule has 0 fully saturated rings. The van der Waals surface area contributed by atoms with Crippen LogP contribution in [-0.4, -0.2) is 11.9 Å². The molecule has 0 saturated heterocycles. The van der Waals surface area contributed by atoms with E-state index in [1.54, 1.807) is 24.3 Å². The second kappa shape index (κ2) is 7.13. The number of carbonyl (C=O) groups is 2. The molecule has 1 atom stereocenters. The number of urea groups is 1. The number of allylic oxidation sites excluding steroid dienone is 1. The van der Waals surface area contributed by atoms with E-state index in [0.717, 1.165) is 6.07 Å². The van der Waals surface area contributed by atoms with Crippen LogP contribution >= 0.6 is 11.6 Å². The van der Waals surface area contributed by atoms with Crippen molar-refractivity contribution in [3.63, 3.8) is 0 Å². The Labute approximate surface area is 153 Å². The summed E-state index contributed by atoms with van der Waals surface area (Å²) in [6.45, 7) is 1.52. The van der Waals surface area contributed by atoms with Crippen LogP contribution in [0.15, 0.2) is 53.7 Å². The van der Waals surface area contributed by atoms with Crippen LogP contribution in [0.5, 0.6) is 0 Å². The highest BCUT2D eigenvalue weighted by molar-refractivity contribution is 6.33. The van der Waals surface area contributed by atoms with Crippen molar-refractivity contribution in [3.8, 4) is 0 Å². The summed E-state index contributed by atoms with van der Waals surface area (Å²) >= 11 is 6.05. The Hall–Kier alpha value is -2.93. The molecule has 0 saturated carbocycles. The van der Waals surface area contributed by atoms with Crippen LogP contribution < -0.4 is 16.0 Å². The third-order valence-corrected chi connectivity index (χ3v) is 4.24. The van der Waals surface area contributed by atoms with Crippen LogP contribution in [0, 0.1) is 11.6 Å². The Morgan fingerprint density at radius 1 is 1.19 bits per heavy atom. The summed E-state index contributed by atoms with van der Waals surface area (Å²) in [5.41, 5.74) is 0.696. The second-order valence-corrected chi connectivity index (χ2v) is 6.08. The Bertz CT molecular complexity index is 930. The van der Waals surface area contributed by atoms with Gasteiger partial charge in [-0.3, -0.25) is 4.79 Å². The van der Waals surface area contributed by atoms with E-state index in [-0.39, 0.29) is 16.8 Å². The van der Waals surface area contributed by atoms with Crippen molar-refractivity contribution >= 4 is 29.2 Å². The van der Waals surface area contributed by atoms with E-state index in [1.807, 2.05) is 0 Å². The van der Waals surface area contributed by atoms with Crippen molar-refractivity contribution in [2.24, 2.45) is 0 Å². The summed E-state index contributed by atoms with van der Waals surface area (Å²) in [7, 11) is 0. The number of amides is 3. The van der Waals surface area contributed by atoms with Gasteiger partial charge in [-0.15, -0.1) is 0 Å². The maximum absolute atomic E-state index is 14.2. The minimum absolute atomic E-state index is 0.0232. The molecule has 5 nitrogen and oxygen atoms in total. The lowest BCUT2D eigenvalue weighted by molar-refractivity contribution is -0.113. The van der Waals surface area contributed by atoms with E-state index in [0.29, 0.717) is 16.8 Å². The van der Waals surface area contributed by atoms with Crippen LogP contribution in [0.3, 0.4) is 0 Å². The van der Waals surface area contributed by atoms with Gasteiger partial charge in [0.25, 0.3) is 5.91 Å². The monoisotopic (exact) mass is 377 g/mol. The fourth-order valence-corrected chi connectivity index (χ4v) is 2.90. The first-order valence-corrected chi connectivity index (χ1v) is 8.03. The zero-order chi connectivity index (χ0) is 18.8. The van der Waals surface area contributed by atoms with Gasteiger partial charge in [0.1, 0.15) is 11.6 Å². The van der Waals surface area contributed by atoms with Gasteiger partial charge >= 0.3 is 6.03 Å². The number of nitrogens with one attached hydrogen (secondary N) is 3. The molecule has 3 N–H and O–H groups in total. The van der Waals surface area contributed by atoms with Gasteiger partial charge in [-0.25, -0.2) is 13.6 Å². The number of hydrogen-bond donors (Lipinski definition) is 3. The molecule has 0 radical (unpaired) electrons. The number of carbonyl (C=O) groups excluding carboxylic acids is 2. The molecule has 134 valence electrons. The summed E-state index contributed by atoms with van der Waals surface area (Å²) in [6.07, 6.45) is 0. The largest absolute Gasteiger partial charge is 0.327 e. The average Bonchev–Trinajstić information content (AvgIpc) is 2.56. The fraction of sp³-hybridized carbons (Fsp3) is 0.111. The van der Waals surface area contributed by atoms with E-state index in [1.165, 1.54) is 13.0 Å². The van der Waals surface area contributed by atoms with E-state index >= 15 is 0 Å². The minimum atomic E-state index is -1.08. The molecule has 0 aliphatic carbocycles. The number of rotatable bonds is 3. The van der Waals surface area contributed by atoms with E-state index in [4.69, 9.17) is 11.6 Å². The van der Waals surface area contributed by atoms with Gasteiger partial charge in [-0.1, -0.05) is 29.8 Å². The molecule has 1 heterocycles. The van der Waals surface area contributed by atoms with Gasteiger partial charge in [0, 0.05) is 17.3 Å². The second-order valence-electron chi connectivity index (χ2n) is 5.67.